The fraction of sp³-hybridized carbons (Fsp3) is 1.00. The normalized spacial score (nSPS) is 22.4. The van der Waals surface area contributed by atoms with Gasteiger partial charge in [-0.1, -0.05) is 142 Å². The van der Waals surface area contributed by atoms with Crippen molar-refractivity contribution in [1.29, 1.82) is 0 Å². The van der Waals surface area contributed by atoms with E-state index in [1.807, 2.05) is 0 Å². The van der Waals surface area contributed by atoms with Gasteiger partial charge in [-0.25, -0.2) is 0 Å². The molecular formula is C35H74N2+2. The molecule has 1 fully saturated rings. The predicted octanol–water partition coefficient (Wildman–Crippen LogP) is 10.7. The van der Waals surface area contributed by atoms with Crippen LogP contribution in [0.25, 0.3) is 0 Å². The topological polar surface area (TPSA) is 0 Å². The Balaban J connectivity index is 2.00. The van der Waals surface area contributed by atoms with Crippen LogP contribution in [0, 0.1) is 0 Å². The molecule has 1 rings (SSSR count). The first-order valence-electron chi connectivity index (χ1n) is 17.7. The summed E-state index contributed by atoms with van der Waals surface area (Å²) in [7, 11) is 5.13. The summed E-state index contributed by atoms with van der Waals surface area (Å²) < 4.78 is 2.70. The summed E-state index contributed by atoms with van der Waals surface area (Å²) in [6.45, 7) is 13.1. The van der Waals surface area contributed by atoms with Gasteiger partial charge in [0.25, 0.3) is 0 Å². The zero-order valence-corrected chi connectivity index (χ0v) is 26.8. The highest BCUT2D eigenvalue weighted by Gasteiger charge is 2.32. The van der Waals surface area contributed by atoms with Crippen molar-refractivity contribution in [3.05, 3.63) is 0 Å². The Kier molecular flexibility index (Phi) is 22.5. The van der Waals surface area contributed by atoms with Crippen LogP contribution in [0.1, 0.15) is 174 Å². The summed E-state index contributed by atoms with van der Waals surface area (Å²) in [5.41, 5.74) is 0. The van der Waals surface area contributed by atoms with Gasteiger partial charge >= 0.3 is 0 Å². The van der Waals surface area contributed by atoms with E-state index in [2.05, 4.69) is 27.9 Å². The molecule has 1 heterocycles. The molecule has 0 bridgehead atoms. The minimum atomic E-state index is 1.35. The third-order valence-electron chi connectivity index (χ3n) is 9.68. The zero-order chi connectivity index (χ0) is 26.9. The van der Waals surface area contributed by atoms with Gasteiger partial charge in [-0.3, -0.25) is 0 Å². The van der Waals surface area contributed by atoms with Gasteiger partial charge in [-0.05, 0) is 25.7 Å². The summed E-state index contributed by atoms with van der Waals surface area (Å²) in [5, 5.41) is 0. The minimum absolute atomic E-state index is 1.35. The van der Waals surface area contributed by atoms with Gasteiger partial charge in [0.1, 0.15) is 13.1 Å². The molecule has 0 spiro atoms. The number of likely N-dealkylation sites (N-methyl/N-ethyl adjacent to an activating group) is 2. The summed E-state index contributed by atoms with van der Waals surface area (Å²) in [5.74, 6) is 0. The largest absolute Gasteiger partial charge is 0.321 e. The number of unbranched alkanes of at least 4 members (excludes halogenated alkanes) is 22. The third kappa shape index (κ3) is 20.5. The highest BCUT2D eigenvalue weighted by atomic mass is 15.4. The van der Waals surface area contributed by atoms with Crippen LogP contribution in [0.5, 0.6) is 0 Å². The maximum atomic E-state index is 2.57. The van der Waals surface area contributed by atoms with Crippen LogP contribution in [0.4, 0.5) is 0 Å². The van der Waals surface area contributed by atoms with E-state index in [1.165, 1.54) is 209 Å². The second-order valence-electron chi connectivity index (χ2n) is 13.7. The van der Waals surface area contributed by atoms with Crippen molar-refractivity contribution in [3.63, 3.8) is 0 Å². The average molecular weight is 523 g/mol. The van der Waals surface area contributed by atoms with Crippen molar-refractivity contribution in [1.82, 2.24) is 0 Å². The lowest BCUT2D eigenvalue weighted by Crippen LogP contribution is -2.51. The molecule has 37 heavy (non-hydrogen) atoms. The van der Waals surface area contributed by atoms with Gasteiger partial charge < -0.3 is 8.97 Å². The molecule has 0 amide bonds. The quantitative estimate of drug-likeness (QED) is 0.0782. The fourth-order valence-electron chi connectivity index (χ4n) is 6.66. The Morgan fingerprint density at radius 3 is 0.838 bits per heavy atom. The predicted molar refractivity (Wildman–Crippen MR) is 168 cm³/mol. The van der Waals surface area contributed by atoms with Crippen LogP contribution in [-0.4, -0.2) is 62.3 Å². The molecule has 2 heteroatoms. The van der Waals surface area contributed by atoms with Crippen LogP contribution in [0.3, 0.4) is 0 Å². The zero-order valence-electron chi connectivity index (χ0n) is 26.8. The summed E-state index contributed by atoms with van der Waals surface area (Å²) >= 11 is 0. The molecule has 0 aromatic heterocycles. The maximum Gasteiger partial charge on any atom is 0.128 e. The average Bonchev–Trinajstić information content (AvgIpc) is 3.04. The summed E-state index contributed by atoms with van der Waals surface area (Å²) in [6, 6.07) is 0. The molecule has 2 nitrogen and oxygen atoms in total. The van der Waals surface area contributed by atoms with E-state index in [4.69, 9.17) is 0 Å². The Morgan fingerprint density at radius 2 is 0.568 bits per heavy atom. The van der Waals surface area contributed by atoms with Crippen molar-refractivity contribution >= 4 is 0 Å². The Hall–Kier alpha value is -0.0800. The standard InChI is InChI=1S/C35H74N2/c1-5-7-9-11-13-15-17-19-21-23-25-27-30-36(3)32-29-33-37(4,35-34-36)31-28-26-24-22-20-18-16-14-12-10-8-6-2/h5-35H2,1-4H3/q+2. The lowest BCUT2D eigenvalue weighted by molar-refractivity contribution is -0.946. The summed E-state index contributed by atoms with van der Waals surface area (Å²) in [6.07, 6.45) is 36.5. The van der Waals surface area contributed by atoms with Gasteiger partial charge in [0.2, 0.25) is 0 Å². The fourth-order valence-corrected chi connectivity index (χ4v) is 6.66. The smallest absolute Gasteiger partial charge is 0.128 e. The van der Waals surface area contributed by atoms with Crippen molar-refractivity contribution in [2.24, 2.45) is 0 Å². The van der Waals surface area contributed by atoms with E-state index >= 15 is 0 Å². The lowest BCUT2D eigenvalue weighted by Gasteiger charge is -2.35. The van der Waals surface area contributed by atoms with Gasteiger partial charge in [-0.15, -0.1) is 0 Å². The van der Waals surface area contributed by atoms with Gasteiger partial charge in [0.05, 0.1) is 40.3 Å². The molecule has 0 aliphatic carbocycles. The second-order valence-corrected chi connectivity index (χ2v) is 13.7. The number of rotatable bonds is 26. The molecule has 0 aromatic carbocycles. The van der Waals surface area contributed by atoms with E-state index in [0.717, 1.165) is 0 Å². The van der Waals surface area contributed by atoms with Gasteiger partial charge in [-0.2, -0.15) is 0 Å². The lowest BCUT2D eigenvalue weighted by atomic mass is 10.1. The van der Waals surface area contributed by atoms with Gasteiger partial charge in [0, 0.05) is 6.42 Å². The second kappa shape index (κ2) is 23.8. The van der Waals surface area contributed by atoms with E-state index < -0.39 is 0 Å². The van der Waals surface area contributed by atoms with Crippen LogP contribution in [0.2, 0.25) is 0 Å². The first kappa shape index (κ1) is 34.9. The van der Waals surface area contributed by atoms with Crippen LogP contribution in [-0.2, 0) is 0 Å². The first-order chi connectivity index (χ1) is 18.0. The molecule has 1 saturated heterocycles. The Labute approximate surface area is 236 Å². The summed E-state index contributed by atoms with van der Waals surface area (Å²) in [4.78, 5) is 0. The third-order valence-corrected chi connectivity index (χ3v) is 9.68. The Morgan fingerprint density at radius 1 is 0.324 bits per heavy atom. The monoisotopic (exact) mass is 523 g/mol. The number of quaternary nitrogens is 2. The Bertz CT molecular complexity index is 436. The maximum absolute atomic E-state index is 2.57. The van der Waals surface area contributed by atoms with Crippen molar-refractivity contribution in [3.8, 4) is 0 Å². The van der Waals surface area contributed by atoms with Crippen molar-refractivity contribution < 1.29 is 8.97 Å². The molecular weight excluding hydrogens is 448 g/mol. The van der Waals surface area contributed by atoms with E-state index in [1.54, 1.807) is 0 Å². The van der Waals surface area contributed by atoms with Crippen LogP contribution in [0.15, 0.2) is 0 Å². The minimum Gasteiger partial charge on any atom is -0.321 e. The SMILES string of the molecule is CCCCCCCCCCCCCC[N+]1(C)CCC[N+](C)(CCCCCCCCCCCCCC)CC1. The first-order valence-corrected chi connectivity index (χ1v) is 17.7. The van der Waals surface area contributed by atoms with E-state index in [0.29, 0.717) is 0 Å². The van der Waals surface area contributed by atoms with Crippen molar-refractivity contribution in [2.45, 2.75) is 174 Å². The molecule has 0 saturated carbocycles. The number of nitrogens with zero attached hydrogens (tertiary/aromatic N) is 2. The molecule has 222 valence electrons. The molecule has 1 aliphatic heterocycles. The molecule has 0 radical (unpaired) electrons. The number of hydrogen-bond acceptors (Lipinski definition) is 0. The van der Waals surface area contributed by atoms with Crippen LogP contribution >= 0.6 is 0 Å². The van der Waals surface area contributed by atoms with Crippen LogP contribution < -0.4 is 0 Å². The highest BCUT2D eigenvalue weighted by molar-refractivity contribution is 4.55. The van der Waals surface area contributed by atoms with E-state index in [9.17, 15) is 0 Å². The van der Waals surface area contributed by atoms with E-state index in [-0.39, 0.29) is 0 Å². The van der Waals surface area contributed by atoms with Crippen molar-refractivity contribution in [2.75, 3.05) is 53.4 Å². The molecule has 2 atom stereocenters. The highest BCUT2D eigenvalue weighted by Crippen LogP contribution is 2.20. The number of hydrogen-bond donors (Lipinski definition) is 0. The molecule has 0 N–H and O–H groups in total. The molecule has 2 unspecified atom stereocenters. The molecule has 1 aliphatic rings. The molecule has 0 aromatic rings. The van der Waals surface area contributed by atoms with Gasteiger partial charge in [0.15, 0.2) is 0 Å².